The van der Waals surface area contributed by atoms with Gasteiger partial charge in [-0.2, -0.15) is 0 Å². The van der Waals surface area contributed by atoms with Crippen LogP contribution in [-0.2, 0) is 10.0 Å². The lowest BCUT2D eigenvalue weighted by Crippen LogP contribution is -2.40. The molecular formula is C16H26N2O4S. The van der Waals surface area contributed by atoms with Crippen LogP contribution in [0.25, 0.3) is 0 Å². The highest BCUT2D eigenvalue weighted by atomic mass is 32.2. The van der Waals surface area contributed by atoms with Crippen molar-refractivity contribution in [2.24, 2.45) is 0 Å². The topological polar surface area (TPSA) is 84.5 Å². The van der Waals surface area contributed by atoms with Crippen LogP contribution in [-0.4, -0.2) is 33.5 Å². The van der Waals surface area contributed by atoms with Gasteiger partial charge in [0.1, 0.15) is 10.6 Å². The summed E-state index contributed by atoms with van der Waals surface area (Å²) in [4.78, 5) is 12.1. The number of carbonyl (C=O) groups is 1. The van der Waals surface area contributed by atoms with Crippen molar-refractivity contribution < 1.29 is 17.9 Å². The first-order valence-corrected chi connectivity index (χ1v) is 9.09. The van der Waals surface area contributed by atoms with Crippen molar-refractivity contribution in [1.29, 1.82) is 0 Å². The van der Waals surface area contributed by atoms with E-state index in [1.165, 1.54) is 19.2 Å². The largest absolute Gasteiger partial charge is 0.495 e. The molecule has 2 N–H and O–H groups in total. The van der Waals surface area contributed by atoms with Crippen LogP contribution < -0.4 is 14.8 Å². The van der Waals surface area contributed by atoms with Gasteiger partial charge in [0.05, 0.1) is 7.11 Å². The highest BCUT2D eigenvalue weighted by Crippen LogP contribution is 2.26. The maximum atomic E-state index is 12.5. The Morgan fingerprint density at radius 1 is 1.26 bits per heavy atom. The van der Waals surface area contributed by atoms with Crippen LogP contribution in [0.15, 0.2) is 23.1 Å². The second-order valence-electron chi connectivity index (χ2n) is 6.33. The van der Waals surface area contributed by atoms with E-state index < -0.39 is 15.6 Å². The molecule has 0 aliphatic heterocycles. The number of rotatable bonds is 7. The normalized spacial score (nSPS) is 12.0. The van der Waals surface area contributed by atoms with E-state index in [2.05, 4.69) is 10.0 Å². The zero-order chi connectivity index (χ0) is 17.7. The number of sulfonamides is 1. The highest BCUT2D eigenvalue weighted by Gasteiger charge is 2.26. The summed E-state index contributed by atoms with van der Waals surface area (Å²) in [5, 5.41) is 2.77. The summed E-state index contributed by atoms with van der Waals surface area (Å²) in [5.41, 5.74) is -0.348. The minimum Gasteiger partial charge on any atom is -0.495 e. The lowest BCUT2D eigenvalue weighted by atomic mass is 10.1. The van der Waals surface area contributed by atoms with E-state index in [1.54, 1.807) is 26.8 Å². The molecule has 0 aliphatic carbocycles. The second-order valence-corrected chi connectivity index (χ2v) is 7.98. The standard InChI is InChI=1S/C16H26N2O4S/c1-6-7-10-17-15(19)12-8-9-13(22-5)14(11-12)23(20,21)18-16(2,3)4/h8-9,11,18H,6-7,10H2,1-5H3,(H,17,19). The van der Waals surface area contributed by atoms with Gasteiger partial charge in [0.2, 0.25) is 10.0 Å². The Morgan fingerprint density at radius 3 is 2.43 bits per heavy atom. The molecule has 1 aromatic carbocycles. The number of methoxy groups -OCH3 is 1. The number of unbranched alkanes of at least 4 members (excludes halogenated alkanes) is 1. The van der Waals surface area contributed by atoms with Crippen LogP contribution >= 0.6 is 0 Å². The Hall–Kier alpha value is -1.60. The molecule has 1 rings (SSSR count). The van der Waals surface area contributed by atoms with Crippen LogP contribution in [0.5, 0.6) is 5.75 Å². The number of carbonyl (C=O) groups excluding carboxylic acids is 1. The molecule has 7 heteroatoms. The van der Waals surface area contributed by atoms with Crippen molar-refractivity contribution >= 4 is 15.9 Å². The van der Waals surface area contributed by atoms with Gasteiger partial charge >= 0.3 is 0 Å². The Labute approximate surface area is 138 Å². The second kappa shape index (κ2) is 7.79. The third kappa shape index (κ3) is 5.84. The molecule has 0 radical (unpaired) electrons. The van der Waals surface area contributed by atoms with Crippen LogP contribution in [0.1, 0.15) is 50.9 Å². The average molecular weight is 342 g/mol. The summed E-state index contributed by atoms with van der Waals surface area (Å²) < 4.78 is 32.8. The van der Waals surface area contributed by atoms with Gasteiger partial charge < -0.3 is 10.1 Å². The molecule has 130 valence electrons. The smallest absolute Gasteiger partial charge is 0.251 e. The number of nitrogens with one attached hydrogen (secondary N) is 2. The average Bonchev–Trinajstić information content (AvgIpc) is 2.44. The maximum Gasteiger partial charge on any atom is 0.251 e. The van der Waals surface area contributed by atoms with Crippen molar-refractivity contribution in [2.45, 2.75) is 51.0 Å². The van der Waals surface area contributed by atoms with Crippen molar-refractivity contribution in [2.75, 3.05) is 13.7 Å². The monoisotopic (exact) mass is 342 g/mol. The fraction of sp³-hybridized carbons (Fsp3) is 0.562. The lowest BCUT2D eigenvalue weighted by molar-refractivity contribution is 0.0953. The Kier molecular flexibility index (Phi) is 6.58. The lowest BCUT2D eigenvalue weighted by Gasteiger charge is -2.21. The van der Waals surface area contributed by atoms with Gasteiger partial charge in [0, 0.05) is 17.6 Å². The minimum atomic E-state index is -3.80. The number of benzene rings is 1. The van der Waals surface area contributed by atoms with Gasteiger partial charge in [-0.25, -0.2) is 13.1 Å². The number of amides is 1. The molecule has 0 unspecified atom stereocenters. The van der Waals surface area contributed by atoms with E-state index in [9.17, 15) is 13.2 Å². The van der Waals surface area contributed by atoms with Gasteiger partial charge in [-0.1, -0.05) is 13.3 Å². The summed E-state index contributed by atoms with van der Waals surface area (Å²) in [5.74, 6) is -0.0971. The first-order chi connectivity index (χ1) is 10.6. The minimum absolute atomic E-state index is 0.0435. The predicted molar refractivity (Wildman–Crippen MR) is 90.3 cm³/mol. The van der Waals surface area contributed by atoms with E-state index in [-0.39, 0.29) is 22.1 Å². The van der Waals surface area contributed by atoms with Crippen molar-refractivity contribution in [3.63, 3.8) is 0 Å². The Morgan fingerprint density at radius 2 is 1.91 bits per heavy atom. The Bertz CT molecular complexity index is 649. The van der Waals surface area contributed by atoms with Crippen LogP contribution in [0, 0.1) is 0 Å². The molecule has 0 saturated carbocycles. The first kappa shape index (κ1) is 19.4. The van der Waals surface area contributed by atoms with Gasteiger partial charge in [0.15, 0.2) is 0 Å². The van der Waals surface area contributed by atoms with Gasteiger partial charge in [-0.3, -0.25) is 4.79 Å². The third-order valence-corrected chi connectivity index (χ3v) is 4.75. The number of hydrogen-bond acceptors (Lipinski definition) is 4. The first-order valence-electron chi connectivity index (χ1n) is 7.61. The van der Waals surface area contributed by atoms with Crippen molar-refractivity contribution in [1.82, 2.24) is 10.0 Å². The van der Waals surface area contributed by atoms with E-state index in [1.807, 2.05) is 6.92 Å². The molecule has 0 bridgehead atoms. The van der Waals surface area contributed by atoms with Gasteiger partial charge in [-0.15, -0.1) is 0 Å². The summed E-state index contributed by atoms with van der Waals surface area (Å²) in [6.07, 6.45) is 1.84. The fourth-order valence-corrected chi connectivity index (χ4v) is 3.58. The predicted octanol–water partition coefficient (Wildman–Crippen LogP) is 2.30. The quantitative estimate of drug-likeness (QED) is 0.745. The molecule has 1 aromatic rings. The molecule has 0 atom stereocenters. The molecule has 1 amide bonds. The zero-order valence-electron chi connectivity index (χ0n) is 14.4. The summed E-state index contributed by atoms with van der Waals surface area (Å²) in [6, 6.07) is 4.39. The maximum absolute atomic E-state index is 12.5. The SMILES string of the molecule is CCCCNC(=O)c1ccc(OC)c(S(=O)(=O)NC(C)(C)C)c1. The van der Waals surface area contributed by atoms with E-state index in [0.717, 1.165) is 12.8 Å². The fourth-order valence-electron chi connectivity index (χ4n) is 1.97. The molecule has 6 nitrogen and oxygen atoms in total. The molecule has 0 aromatic heterocycles. The van der Waals surface area contributed by atoms with Gasteiger partial charge in [0.25, 0.3) is 5.91 Å². The third-order valence-electron chi connectivity index (χ3n) is 2.97. The molecule has 0 saturated heterocycles. The van der Waals surface area contributed by atoms with E-state index in [4.69, 9.17) is 4.74 Å². The zero-order valence-corrected chi connectivity index (χ0v) is 15.2. The van der Waals surface area contributed by atoms with Crippen LogP contribution in [0.4, 0.5) is 0 Å². The molecule has 23 heavy (non-hydrogen) atoms. The molecule has 0 spiro atoms. The van der Waals surface area contributed by atoms with Crippen LogP contribution in [0.2, 0.25) is 0 Å². The number of ether oxygens (including phenoxy) is 1. The highest BCUT2D eigenvalue weighted by molar-refractivity contribution is 7.89. The summed E-state index contributed by atoms with van der Waals surface area (Å²) in [6.45, 7) is 7.83. The summed E-state index contributed by atoms with van der Waals surface area (Å²) in [7, 11) is -2.40. The van der Waals surface area contributed by atoms with E-state index in [0.29, 0.717) is 6.54 Å². The van der Waals surface area contributed by atoms with E-state index >= 15 is 0 Å². The number of hydrogen-bond donors (Lipinski definition) is 2. The molecule has 0 heterocycles. The van der Waals surface area contributed by atoms with Crippen molar-refractivity contribution in [3.05, 3.63) is 23.8 Å². The Balaban J connectivity index is 3.16. The molecule has 0 fully saturated rings. The van der Waals surface area contributed by atoms with Crippen molar-refractivity contribution in [3.8, 4) is 5.75 Å². The summed E-state index contributed by atoms with van der Waals surface area (Å²) >= 11 is 0. The van der Waals surface area contributed by atoms with Crippen LogP contribution in [0.3, 0.4) is 0 Å². The van der Waals surface area contributed by atoms with Gasteiger partial charge in [-0.05, 0) is 45.4 Å². The molecular weight excluding hydrogens is 316 g/mol. The molecule has 0 aliphatic rings.